The molecule has 2 unspecified atom stereocenters. The van der Waals surface area contributed by atoms with Crippen molar-refractivity contribution in [2.45, 2.75) is 15.3 Å². The number of hydrogen-bond donors (Lipinski definition) is 1. The Bertz CT molecular complexity index is 1020. The number of hydrogen-bond acceptors (Lipinski definition) is 3. The van der Waals surface area contributed by atoms with Gasteiger partial charge in [-0.15, -0.1) is 0 Å². The van der Waals surface area contributed by atoms with Gasteiger partial charge in [0.15, 0.2) is 0 Å². The van der Waals surface area contributed by atoms with E-state index in [1.165, 1.54) is 12.7 Å². The van der Waals surface area contributed by atoms with Crippen molar-refractivity contribution in [2.75, 3.05) is 0 Å². The average molecular weight is 471 g/mol. The van der Waals surface area contributed by atoms with Gasteiger partial charge < -0.3 is 0 Å². The van der Waals surface area contributed by atoms with Crippen LogP contribution in [0.3, 0.4) is 0 Å². The third kappa shape index (κ3) is 2.33. The Morgan fingerprint density at radius 3 is 2.65 bits per heavy atom. The molecular formula is C19H12F2InNO2S. The first-order valence-electron chi connectivity index (χ1n) is 8.32. The van der Waals surface area contributed by atoms with Crippen LogP contribution < -0.4 is 8.64 Å². The fourth-order valence-electron chi connectivity index (χ4n) is 4.44. The summed E-state index contributed by atoms with van der Waals surface area (Å²) < 4.78 is 30.3. The van der Waals surface area contributed by atoms with Gasteiger partial charge in [-0.25, -0.2) is 0 Å². The van der Waals surface area contributed by atoms with Crippen LogP contribution in [0, 0.1) is 11.6 Å². The number of benzene rings is 2. The number of nitrogens with one attached hydrogen (secondary N) is 1. The number of rotatable bonds is 3. The molecule has 0 saturated carbocycles. The Morgan fingerprint density at radius 2 is 1.92 bits per heavy atom. The molecule has 26 heavy (non-hydrogen) atoms. The minimum absolute atomic E-state index is 0.122. The number of allylic oxidation sites excluding steroid dienone is 2. The molecule has 3 nitrogen and oxygen atoms in total. The molecule has 0 spiro atoms. The second-order valence-electron chi connectivity index (χ2n) is 6.76. The van der Waals surface area contributed by atoms with E-state index < -0.39 is 33.1 Å². The Hall–Kier alpha value is -1.60. The summed E-state index contributed by atoms with van der Waals surface area (Å²) in [4.78, 5) is 23.8. The van der Waals surface area contributed by atoms with E-state index in [1.807, 2.05) is 18.2 Å². The Labute approximate surface area is 160 Å². The number of imide groups is 1. The summed E-state index contributed by atoms with van der Waals surface area (Å²) in [5.74, 6) is -1.06. The molecule has 0 aliphatic carbocycles. The fraction of sp³-hybridized carbons (Fsp3) is 0.158. The van der Waals surface area contributed by atoms with Crippen molar-refractivity contribution in [1.29, 1.82) is 0 Å². The molecule has 1 fully saturated rings. The van der Waals surface area contributed by atoms with Crippen molar-refractivity contribution >= 4 is 53.2 Å². The van der Waals surface area contributed by atoms with Gasteiger partial charge in [-0.1, -0.05) is 0 Å². The van der Waals surface area contributed by atoms with Crippen LogP contribution in [0.5, 0.6) is 0 Å². The normalized spacial score (nSPS) is 23.2. The predicted molar refractivity (Wildman–Crippen MR) is 97.5 cm³/mol. The summed E-state index contributed by atoms with van der Waals surface area (Å²) in [7, 11) is 0. The molecular weight excluding hydrogens is 459 g/mol. The molecule has 128 valence electrons. The molecule has 4 aliphatic heterocycles. The number of thioether (sulfide) groups is 1. The first-order chi connectivity index (χ1) is 12.5. The summed E-state index contributed by atoms with van der Waals surface area (Å²) in [5.41, 5.74) is 2.62. The minimum atomic E-state index is -2.56. The van der Waals surface area contributed by atoms with Crippen molar-refractivity contribution in [2.24, 2.45) is 0 Å². The molecule has 0 aromatic heterocycles. The molecule has 1 N–H and O–H groups in total. The van der Waals surface area contributed by atoms with E-state index in [-0.39, 0.29) is 20.1 Å². The average Bonchev–Trinajstić information content (AvgIpc) is 3.22. The van der Waals surface area contributed by atoms with E-state index in [1.54, 1.807) is 0 Å². The van der Waals surface area contributed by atoms with Crippen LogP contribution in [-0.4, -0.2) is 37.8 Å². The number of amides is 2. The maximum absolute atomic E-state index is 14.1. The van der Waals surface area contributed by atoms with E-state index in [0.717, 1.165) is 35.0 Å². The van der Waals surface area contributed by atoms with Crippen LogP contribution in [0.25, 0.3) is 5.57 Å². The third-order valence-corrected chi connectivity index (χ3v) is 18.4. The predicted octanol–water partition coefficient (Wildman–Crippen LogP) is 2.95. The fourth-order valence-corrected chi connectivity index (χ4v) is 19.0. The van der Waals surface area contributed by atoms with Crippen molar-refractivity contribution in [3.05, 3.63) is 68.6 Å². The third-order valence-electron chi connectivity index (χ3n) is 5.43. The van der Waals surface area contributed by atoms with Gasteiger partial charge in [-0.3, -0.25) is 0 Å². The second kappa shape index (κ2) is 5.96. The Morgan fingerprint density at radius 1 is 1.12 bits per heavy atom. The van der Waals surface area contributed by atoms with Crippen molar-refractivity contribution in [1.82, 2.24) is 5.32 Å². The van der Waals surface area contributed by atoms with Crippen LogP contribution in [0.2, 0.25) is 3.67 Å². The summed E-state index contributed by atoms with van der Waals surface area (Å²) in [6, 6.07) is 11.6. The van der Waals surface area contributed by atoms with E-state index in [4.69, 9.17) is 0 Å². The van der Waals surface area contributed by atoms with Gasteiger partial charge in [0.2, 0.25) is 0 Å². The van der Waals surface area contributed by atoms with E-state index in [2.05, 4.69) is 11.4 Å². The topological polar surface area (TPSA) is 46.2 Å². The van der Waals surface area contributed by atoms with Crippen LogP contribution in [0.4, 0.5) is 13.6 Å². The van der Waals surface area contributed by atoms with Gasteiger partial charge in [0.25, 0.3) is 0 Å². The summed E-state index contributed by atoms with van der Waals surface area (Å²) in [6.07, 6.45) is 0.401. The van der Waals surface area contributed by atoms with Crippen molar-refractivity contribution in [3.8, 4) is 0 Å². The zero-order valence-electron chi connectivity index (χ0n) is 13.5. The van der Waals surface area contributed by atoms with Crippen LogP contribution in [0.1, 0.15) is 11.1 Å². The molecule has 6 rings (SSSR count). The summed E-state index contributed by atoms with van der Waals surface area (Å²) in [6.45, 7) is 0. The zero-order chi connectivity index (χ0) is 18.0. The van der Waals surface area contributed by atoms with E-state index >= 15 is 0 Å². The number of carbonyl (C=O) groups is 2. The number of carbonyl (C=O) groups excluding carboxylic acids is 2. The van der Waals surface area contributed by atoms with Crippen LogP contribution in [-0.2, 0) is 11.2 Å². The molecule has 4 heterocycles. The monoisotopic (exact) mass is 471 g/mol. The SMILES string of the molecule is O=C1NC(=O)C([CH]2C3=[C](Cc4cc(F)ccc4F)[In]2[c]2ccccc23)S1. The van der Waals surface area contributed by atoms with Gasteiger partial charge in [-0.05, 0) is 0 Å². The Balaban J connectivity index is 1.56. The molecule has 0 radical (unpaired) electrons. The maximum atomic E-state index is 14.1. The molecule has 2 aromatic carbocycles. The standard InChI is InChI=1S/C19H12F2NO2S.In/c20-15-8-9-16(21)14(10-15)7-6-13(12-4-2-1-3-5-12)11-17-18(23)22-19(24)25-17;/h1-4,8-11,17H,7H2,(H,22,23,24);. The van der Waals surface area contributed by atoms with Gasteiger partial charge in [-0.2, -0.15) is 0 Å². The number of halogens is 2. The molecule has 2 atom stereocenters. The quantitative estimate of drug-likeness (QED) is 0.750. The molecule has 2 amide bonds. The molecule has 4 aliphatic rings. The molecule has 2 aromatic rings. The first-order valence-corrected chi connectivity index (χ1v) is 14.4. The van der Waals surface area contributed by atoms with Crippen LogP contribution >= 0.6 is 11.8 Å². The molecule has 7 heteroatoms. The first kappa shape index (κ1) is 16.6. The van der Waals surface area contributed by atoms with Gasteiger partial charge in [0.1, 0.15) is 0 Å². The summed E-state index contributed by atoms with van der Waals surface area (Å²) >= 11 is -1.48. The summed E-state index contributed by atoms with van der Waals surface area (Å²) in [5, 5.41) is 1.72. The van der Waals surface area contributed by atoms with Crippen molar-refractivity contribution < 1.29 is 18.4 Å². The van der Waals surface area contributed by atoms with Crippen molar-refractivity contribution in [3.63, 3.8) is 0 Å². The Kier molecular flexibility index (Phi) is 3.79. The second-order valence-corrected chi connectivity index (χ2v) is 16.4. The van der Waals surface area contributed by atoms with Crippen LogP contribution in [0.15, 0.2) is 45.8 Å². The van der Waals surface area contributed by atoms with E-state index in [0.29, 0.717) is 12.0 Å². The van der Waals surface area contributed by atoms with Gasteiger partial charge in [0.05, 0.1) is 0 Å². The van der Waals surface area contributed by atoms with E-state index in [9.17, 15) is 18.4 Å². The zero-order valence-corrected chi connectivity index (χ0v) is 17.6. The molecule has 1 saturated heterocycles. The van der Waals surface area contributed by atoms with Gasteiger partial charge >= 0.3 is 161 Å². The molecule has 2 bridgehead atoms. The van der Waals surface area contributed by atoms with Gasteiger partial charge in [0, 0.05) is 0 Å².